The second kappa shape index (κ2) is 5.83. The Morgan fingerprint density at radius 3 is 2.75 bits per heavy atom. The van der Waals surface area contributed by atoms with Crippen molar-refractivity contribution in [3.05, 3.63) is 29.3 Å². The first kappa shape index (κ1) is 14.8. The van der Waals surface area contributed by atoms with E-state index >= 15 is 0 Å². The van der Waals surface area contributed by atoms with Gasteiger partial charge in [0.05, 0.1) is 18.1 Å². The van der Waals surface area contributed by atoms with Crippen LogP contribution in [-0.4, -0.2) is 38.4 Å². The third-order valence-corrected chi connectivity index (χ3v) is 5.41. The van der Waals surface area contributed by atoms with Crippen LogP contribution in [0.25, 0.3) is 0 Å². The second-order valence-corrected chi connectivity index (χ2v) is 7.50. The fourth-order valence-corrected chi connectivity index (χ4v) is 3.98. The van der Waals surface area contributed by atoms with Crippen LogP contribution in [0.1, 0.15) is 17.5 Å². The molecule has 5 nitrogen and oxygen atoms in total. The monoisotopic (exact) mass is 296 g/mol. The molecule has 1 aromatic carbocycles. The molecule has 2 N–H and O–H groups in total. The van der Waals surface area contributed by atoms with Crippen LogP contribution in [0.4, 0.5) is 5.69 Å². The zero-order valence-corrected chi connectivity index (χ0v) is 12.6. The molecule has 1 aliphatic rings. The van der Waals surface area contributed by atoms with E-state index in [4.69, 9.17) is 0 Å². The molecule has 0 saturated carbocycles. The van der Waals surface area contributed by atoms with Gasteiger partial charge in [0.15, 0.2) is 9.84 Å². The minimum atomic E-state index is -2.96. The van der Waals surface area contributed by atoms with E-state index in [1.165, 1.54) is 0 Å². The summed E-state index contributed by atoms with van der Waals surface area (Å²) in [6.45, 7) is 4.17. The van der Waals surface area contributed by atoms with Crippen molar-refractivity contribution in [2.45, 2.75) is 26.3 Å². The van der Waals surface area contributed by atoms with Crippen molar-refractivity contribution in [3.63, 3.8) is 0 Å². The quantitative estimate of drug-likeness (QED) is 0.870. The van der Waals surface area contributed by atoms with Gasteiger partial charge in [-0.05, 0) is 37.5 Å². The third kappa shape index (κ3) is 3.72. The van der Waals surface area contributed by atoms with E-state index < -0.39 is 9.84 Å². The van der Waals surface area contributed by atoms with Crippen LogP contribution in [0.3, 0.4) is 0 Å². The topological polar surface area (TPSA) is 75.3 Å². The van der Waals surface area contributed by atoms with Crippen LogP contribution in [0.5, 0.6) is 0 Å². The Bertz CT molecular complexity index is 611. The number of nitrogens with one attached hydrogen (secondary N) is 2. The van der Waals surface area contributed by atoms with Gasteiger partial charge >= 0.3 is 0 Å². The highest BCUT2D eigenvalue weighted by molar-refractivity contribution is 7.91. The molecule has 1 heterocycles. The van der Waals surface area contributed by atoms with Gasteiger partial charge in [-0.15, -0.1) is 0 Å². The van der Waals surface area contributed by atoms with Crippen molar-refractivity contribution in [2.75, 3.05) is 23.4 Å². The van der Waals surface area contributed by atoms with E-state index in [2.05, 4.69) is 10.6 Å². The zero-order chi connectivity index (χ0) is 14.8. The van der Waals surface area contributed by atoms with Crippen molar-refractivity contribution < 1.29 is 13.2 Å². The lowest BCUT2D eigenvalue weighted by Crippen LogP contribution is -2.39. The molecule has 1 aromatic rings. The Balaban J connectivity index is 1.85. The highest BCUT2D eigenvalue weighted by Gasteiger charge is 2.28. The summed E-state index contributed by atoms with van der Waals surface area (Å²) >= 11 is 0. The summed E-state index contributed by atoms with van der Waals surface area (Å²) in [5, 5.41) is 5.84. The standard InChI is InChI=1S/C14H20N2O3S/c1-10-4-3-5-13(11(10)2)15-8-14(17)16-12-6-7-20(18,19)9-12/h3-5,12,15H,6-9H2,1-2H3,(H,16,17)/t12-/m1/s1. The van der Waals surface area contributed by atoms with Gasteiger partial charge < -0.3 is 10.6 Å². The molecule has 20 heavy (non-hydrogen) atoms. The third-order valence-electron chi connectivity index (χ3n) is 3.64. The molecule has 1 aliphatic heterocycles. The van der Waals surface area contributed by atoms with Gasteiger partial charge in [-0.1, -0.05) is 12.1 Å². The van der Waals surface area contributed by atoms with Crippen LogP contribution in [-0.2, 0) is 14.6 Å². The van der Waals surface area contributed by atoms with Gasteiger partial charge in [-0.25, -0.2) is 8.42 Å². The highest BCUT2D eigenvalue weighted by atomic mass is 32.2. The number of carbonyl (C=O) groups is 1. The lowest BCUT2D eigenvalue weighted by molar-refractivity contribution is -0.119. The van der Waals surface area contributed by atoms with Crippen molar-refractivity contribution in [3.8, 4) is 0 Å². The Kier molecular flexibility index (Phi) is 4.32. The molecule has 0 unspecified atom stereocenters. The second-order valence-electron chi connectivity index (χ2n) is 5.27. The normalized spacial score (nSPS) is 20.6. The number of hydrogen-bond acceptors (Lipinski definition) is 4. The van der Waals surface area contributed by atoms with Crippen molar-refractivity contribution in [2.24, 2.45) is 0 Å². The first-order chi connectivity index (χ1) is 9.37. The first-order valence-electron chi connectivity index (χ1n) is 6.67. The number of sulfone groups is 1. The average molecular weight is 296 g/mol. The molecule has 0 aliphatic carbocycles. The molecule has 0 bridgehead atoms. The number of rotatable bonds is 4. The highest BCUT2D eigenvalue weighted by Crippen LogP contribution is 2.17. The summed E-state index contributed by atoms with van der Waals surface area (Å²) in [6, 6.07) is 5.64. The predicted molar refractivity (Wildman–Crippen MR) is 79.6 cm³/mol. The lowest BCUT2D eigenvalue weighted by Gasteiger charge is -2.14. The van der Waals surface area contributed by atoms with E-state index in [-0.39, 0.29) is 30.0 Å². The summed E-state index contributed by atoms with van der Waals surface area (Å²) in [5.74, 6) is 0.0536. The molecule has 1 fully saturated rings. The Labute approximate surface area is 119 Å². The predicted octanol–water partition coefficient (Wildman–Crippen LogP) is 1.02. The van der Waals surface area contributed by atoms with Crippen LogP contribution >= 0.6 is 0 Å². The fourth-order valence-electron chi connectivity index (χ4n) is 2.31. The number of hydrogen-bond donors (Lipinski definition) is 2. The molecular weight excluding hydrogens is 276 g/mol. The van der Waals surface area contributed by atoms with E-state index in [0.29, 0.717) is 6.42 Å². The molecular formula is C14H20N2O3S. The van der Waals surface area contributed by atoms with Crippen molar-refractivity contribution >= 4 is 21.4 Å². The molecule has 2 rings (SSSR count). The number of carbonyl (C=O) groups excluding carboxylic acids is 1. The maximum absolute atomic E-state index is 11.8. The van der Waals surface area contributed by atoms with E-state index in [1.54, 1.807) is 0 Å². The van der Waals surface area contributed by atoms with Gasteiger partial charge in [0.1, 0.15) is 0 Å². The summed E-state index contributed by atoms with van der Waals surface area (Å²) in [6.07, 6.45) is 0.511. The van der Waals surface area contributed by atoms with E-state index in [9.17, 15) is 13.2 Å². The molecule has 0 spiro atoms. The minimum absolute atomic E-state index is 0.0578. The summed E-state index contributed by atoms with van der Waals surface area (Å²) < 4.78 is 22.6. The van der Waals surface area contributed by atoms with Gasteiger partial charge in [0, 0.05) is 11.7 Å². The van der Waals surface area contributed by atoms with Crippen LogP contribution < -0.4 is 10.6 Å². The van der Waals surface area contributed by atoms with Crippen LogP contribution in [0, 0.1) is 13.8 Å². The Morgan fingerprint density at radius 2 is 2.10 bits per heavy atom. The molecule has 6 heteroatoms. The SMILES string of the molecule is Cc1cccc(NCC(=O)N[C@@H]2CCS(=O)(=O)C2)c1C. The molecule has 0 aromatic heterocycles. The number of benzene rings is 1. The summed E-state index contributed by atoms with van der Waals surface area (Å²) in [4.78, 5) is 11.8. The Hall–Kier alpha value is -1.56. The zero-order valence-electron chi connectivity index (χ0n) is 11.8. The average Bonchev–Trinajstić information content (AvgIpc) is 2.70. The van der Waals surface area contributed by atoms with Gasteiger partial charge in [0.2, 0.25) is 5.91 Å². The number of anilines is 1. The maximum Gasteiger partial charge on any atom is 0.239 e. The molecule has 0 radical (unpaired) electrons. The van der Waals surface area contributed by atoms with Gasteiger partial charge in [0.25, 0.3) is 0 Å². The van der Waals surface area contributed by atoms with E-state index in [0.717, 1.165) is 16.8 Å². The van der Waals surface area contributed by atoms with Crippen LogP contribution in [0.2, 0.25) is 0 Å². The fraction of sp³-hybridized carbons (Fsp3) is 0.500. The number of aryl methyl sites for hydroxylation is 1. The summed E-state index contributed by atoms with van der Waals surface area (Å²) in [5.41, 5.74) is 3.21. The Morgan fingerprint density at radius 1 is 1.35 bits per heavy atom. The molecule has 110 valence electrons. The minimum Gasteiger partial charge on any atom is -0.376 e. The van der Waals surface area contributed by atoms with Crippen LogP contribution in [0.15, 0.2) is 18.2 Å². The first-order valence-corrected chi connectivity index (χ1v) is 8.49. The molecule has 1 atom stereocenters. The lowest BCUT2D eigenvalue weighted by atomic mass is 10.1. The van der Waals surface area contributed by atoms with Gasteiger partial charge in [-0.3, -0.25) is 4.79 Å². The van der Waals surface area contributed by atoms with Crippen molar-refractivity contribution in [1.29, 1.82) is 0 Å². The van der Waals surface area contributed by atoms with E-state index in [1.807, 2.05) is 32.0 Å². The smallest absolute Gasteiger partial charge is 0.239 e. The largest absolute Gasteiger partial charge is 0.376 e. The molecule has 1 amide bonds. The van der Waals surface area contributed by atoms with Gasteiger partial charge in [-0.2, -0.15) is 0 Å². The molecule has 1 saturated heterocycles. The maximum atomic E-state index is 11.8. The number of amides is 1. The van der Waals surface area contributed by atoms with Crippen molar-refractivity contribution in [1.82, 2.24) is 5.32 Å². The summed E-state index contributed by atoms with van der Waals surface area (Å²) in [7, 11) is -2.96.